The fourth-order valence-corrected chi connectivity index (χ4v) is 3.25. The number of nitrogens with one attached hydrogen (secondary N) is 2. The molecule has 6 nitrogen and oxygen atoms in total. The van der Waals surface area contributed by atoms with E-state index in [9.17, 15) is 4.79 Å². The van der Waals surface area contributed by atoms with Gasteiger partial charge in [-0.3, -0.25) is 4.79 Å². The Bertz CT molecular complexity index is 663. The highest BCUT2D eigenvalue weighted by molar-refractivity contribution is 7.07. The highest BCUT2D eigenvalue weighted by atomic mass is 32.1. The van der Waals surface area contributed by atoms with Gasteiger partial charge in [0.05, 0.1) is 28.4 Å². The van der Waals surface area contributed by atoms with Crippen LogP contribution in [0, 0.1) is 0 Å². The number of quaternary nitrogens is 1. The maximum atomic E-state index is 12.2. The Kier molecular flexibility index (Phi) is 7.09. The maximum absolute atomic E-state index is 12.2. The van der Waals surface area contributed by atoms with E-state index in [2.05, 4.69) is 16.8 Å². The second-order valence-corrected chi connectivity index (χ2v) is 6.53. The van der Waals surface area contributed by atoms with E-state index in [1.54, 1.807) is 32.7 Å². The summed E-state index contributed by atoms with van der Waals surface area (Å²) in [4.78, 5) is 13.3. The van der Waals surface area contributed by atoms with Crippen LogP contribution in [0.3, 0.4) is 0 Å². The molecule has 0 saturated heterocycles. The van der Waals surface area contributed by atoms with Gasteiger partial charge in [-0.25, -0.2) is 0 Å². The minimum atomic E-state index is 0.00137. The third kappa shape index (κ3) is 5.37. The van der Waals surface area contributed by atoms with Gasteiger partial charge in [0.2, 0.25) is 5.75 Å². The summed E-state index contributed by atoms with van der Waals surface area (Å²) in [7, 11) is 6.72. The second kappa shape index (κ2) is 9.29. The molecule has 0 aliphatic rings. The lowest BCUT2D eigenvalue weighted by Crippen LogP contribution is -3.08. The highest BCUT2D eigenvalue weighted by Crippen LogP contribution is 2.38. The van der Waals surface area contributed by atoms with E-state index < -0.39 is 0 Å². The van der Waals surface area contributed by atoms with Gasteiger partial charge >= 0.3 is 0 Å². The molecule has 0 spiro atoms. The second-order valence-electron chi connectivity index (χ2n) is 5.75. The number of benzene rings is 1. The summed E-state index contributed by atoms with van der Waals surface area (Å²) < 4.78 is 16.0. The van der Waals surface area contributed by atoms with Crippen LogP contribution < -0.4 is 24.4 Å². The molecule has 0 radical (unpaired) electrons. The molecule has 0 aliphatic heterocycles. The van der Waals surface area contributed by atoms with Crippen molar-refractivity contribution in [2.75, 3.05) is 34.9 Å². The van der Waals surface area contributed by atoms with Crippen LogP contribution in [-0.4, -0.2) is 40.8 Å². The van der Waals surface area contributed by atoms with Gasteiger partial charge in [-0.1, -0.05) is 0 Å². The normalized spacial score (nSPS) is 11.7. The van der Waals surface area contributed by atoms with E-state index >= 15 is 0 Å². The number of thiophene rings is 1. The molecule has 136 valence electrons. The molecule has 1 unspecified atom stereocenters. The van der Waals surface area contributed by atoms with Crippen molar-refractivity contribution in [1.29, 1.82) is 0 Å². The first-order valence-electron chi connectivity index (χ1n) is 7.95. The quantitative estimate of drug-likeness (QED) is 0.699. The van der Waals surface area contributed by atoms with Gasteiger partial charge in [-0.2, -0.15) is 11.3 Å². The maximum Gasteiger partial charge on any atom is 0.275 e. The average molecular weight is 365 g/mol. The lowest BCUT2D eigenvalue weighted by Gasteiger charge is -2.15. The van der Waals surface area contributed by atoms with Crippen LogP contribution in [0.15, 0.2) is 29.0 Å². The molecule has 1 aromatic carbocycles. The molecular weight excluding hydrogens is 340 g/mol. The molecule has 1 aromatic heterocycles. The van der Waals surface area contributed by atoms with Crippen LogP contribution in [0.25, 0.3) is 0 Å². The Morgan fingerprint density at radius 3 is 2.32 bits per heavy atom. The van der Waals surface area contributed by atoms with Gasteiger partial charge in [0, 0.05) is 12.1 Å². The molecule has 1 heterocycles. The molecule has 0 aliphatic carbocycles. The SMILES string of the molecule is COc1cc(CNC(=O)C[NH+](C)Cc2ccsc2)cc(OC)c1OC. The van der Waals surface area contributed by atoms with Crippen molar-refractivity contribution in [2.24, 2.45) is 0 Å². The Morgan fingerprint density at radius 2 is 1.80 bits per heavy atom. The zero-order valence-electron chi connectivity index (χ0n) is 15.0. The third-order valence-corrected chi connectivity index (χ3v) is 4.49. The van der Waals surface area contributed by atoms with Crippen molar-refractivity contribution in [3.05, 3.63) is 40.1 Å². The first kappa shape index (κ1) is 19.1. The highest BCUT2D eigenvalue weighted by Gasteiger charge is 2.15. The van der Waals surface area contributed by atoms with Crippen LogP contribution in [-0.2, 0) is 17.9 Å². The molecule has 2 aromatic rings. The van der Waals surface area contributed by atoms with Crippen molar-refractivity contribution in [1.82, 2.24) is 5.32 Å². The summed E-state index contributed by atoms with van der Waals surface area (Å²) in [5.41, 5.74) is 2.14. The van der Waals surface area contributed by atoms with E-state index in [-0.39, 0.29) is 5.91 Å². The van der Waals surface area contributed by atoms with Gasteiger partial charge in [0.1, 0.15) is 6.54 Å². The zero-order chi connectivity index (χ0) is 18.2. The Balaban J connectivity index is 1.92. The minimum absolute atomic E-state index is 0.00137. The van der Waals surface area contributed by atoms with Crippen LogP contribution >= 0.6 is 11.3 Å². The number of methoxy groups -OCH3 is 3. The van der Waals surface area contributed by atoms with Crippen LogP contribution in [0.1, 0.15) is 11.1 Å². The van der Waals surface area contributed by atoms with Gasteiger partial charge < -0.3 is 24.4 Å². The lowest BCUT2D eigenvalue weighted by atomic mass is 10.1. The Labute approximate surface area is 152 Å². The van der Waals surface area contributed by atoms with Crippen LogP contribution in [0.4, 0.5) is 0 Å². The smallest absolute Gasteiger partial charge is 0.275 e. The van der Waals surface area contributed by atoms with E-state index in [4.69, 9.17) is 14.2 Å². The number of ether oxygens (including phenoxy) is 3. The van der Waals surface area contributed by atoms with Crippen molar-refractivity contribution >= 4 is 17.2 Å². The predicted octanol–water partition coefficient (Wildman–Crippen LogP) is 1.11. The molecule has 2 N–H and O–H groups in total. The number of likely N-dealkylation sites (N-methyl/N-ethyl adjacent to an activating group) is 1. The van der Waals surface area contributed by atoms with Crippen molar-refractivity contribution < 1.29 is 23.9 Å². The van der Waals surface area contributed by atoms with Crippen molar-refractivity contribution in [3.63, 3.8) is 0 Å². The number of rotatable bonds is 9. The van der Waals surface area contributed by atoms with Crippen LogP contribution in [0.2, 0.25) is 0 Å². The molecule has 1 amide bonds. The Morgan fingerprint density at radius 1 is 1.12 bits per heavy atom. The zero-order valence-corrected chi connectivity index (χ0v) is 15.9. The largest absolute Gasteiger partial charge is 0.493 e. The van der Waals surface area contributed by atoms with Crippen molar-refractivity contribution in [3.8, 4) is 17.2 Å². The molecule has 0 fully saturated rings. The first-order chi connectivity index (χ1) is 12.1. The van der Waals surface area contributed by atoms with E-state index in [1.165, 1.54) is 5.56 Å². The summed E-state index contributed by atoms with van der Waals surface area (Å²) in [6.07, 6.45) is 0. The monoisotopic (exact) mass is 365 g/mol. The van der Waals surface area contributed by atoms with Crippen molar-refractivity contribution in [2.45, 2.75) is 13.1 Å². The third-order valence-electron chi connectivity index (χ3n) is 3.76. The number of hydrogen-bond donors (Lipinski definition) is 2. The molecule has 7 heteroatoms. The van der Waals surface area contributed by atoms with E-state index in [0.717, 1.165) is 17.0 Å². The predicted molar refractivity (Wildman–Crippen MR) is 97.7 cm³/mol. The number of amides is 1. The number of hydrogen-bond acceptors (Lipinski definition) is 5. The van der Waals surface area contributed by atoms with Gasteiger partial charge in [-0.15, -0.1) is 0 Å². The molecule has 0 saturated carbocycles. The van der Waals surface area contributed by atoms with E-state index in [1.807, 2.05) is 24.6 Å². The van der Waals surface area contributed by atoms with Crippen LogP contribution in [0.5, 0.6) is 17.2 Å². The Hall–Kier alpha value is -2.25. The first-order valence-corrected chi connectivity index (χ1v) is 8.89. The molecule has 25 heavy (non-hydrogen) atoms. The molecular formula is C18H25N2O4S+. The molecule has 2 rings (SSSR count). The standard InChI is InChI=1S/C18H24N2O4S/c1-20(10-13-5-6-25-12-13)11-17(21)19-9-14-7-15(22-2)18(24-4)16(8-14)23-3/h5-8,12H,9-11H2,1-4H3,(H,19,21)/p+1. The van der Waals surface area contributed by atoms with Gasteiger partial charge in [-0.05, 0) is 34.5 Å². The summed E-state index contributed by atoms with van der Waals surface area (Å²) in [6.45, 7) is 1.66. The summed E-state index contributed by atoms with van der Waals surface area (Å²) >= 11 is 1.67. The minimum Gasteiger partial charge on any atom is -0.493 e. The number of carbonyl (C=O) groups excluding carboxylic acids is 1. The van der Waals surface area contributed by atoms with Gasteiger partial charge in [0.25, 0.3) is 5.91 Å². The lowest BCUT2D eigenvalue weighted by molar-refractivity contribution is -0.885. The van der Waals surface area contributed by atoms with Gasteiger partial charge in [0.15, 0.2) is 18.0 Å². The van der Waals surface area contributed by atoms with E-state index in [0.29, 0.717) is 30.3 Å². The molecule has 0 bridgehead atoms. The topological polar surface area (TPSA) is 61.2 Å². The fourth-order valence-electron chi connectivity index (χ4n) is 2.58. The molecule has 1 atom stereocenters. The summed E-state index contributed by atoms with van der Waals surface area (Å²) in [5.74, 6) is 1.69. The summed E-state index contributed by atoms with van der Waals surface area (Å²) in [6, 6.07) is 5.76. The number of carbonyl (C=O) groups is 1. The summed E-state index contributed by atoms with van der Waals surface area (Å²) in [5, 5.41) is 7.10. The average Bonchev–Trinajstić information content (AvgIpc) is 3.11. The fraction of sp³-hybridized carbons (Fsp3) is 0.389.